The van der Waals surface area contributed by atoms with Crippen LogP contribution in [0.3, 0.4) is 0 Å². The van der Waals surface area contributed by atoms with Gasteiger partial charge in [0.25, 0.3) is 11.8 Å². The zero-order valence-electron chi connectivity index (χ0n) is 21.1. The average Bonchev–Trinajstić information content (AvgIpc) is 3.57. The van der Waals surface area contributed by atoms with Crippen LogP contribution < -0.4 is 15.4 Å². The van der Waals surface area contributed by atoms with Crippen molar-refractivity contribution in [3.63, 3.8) is 0 Å². The maximum absolute atomic E-state index is 12.7. The third-order valence-corrected chi connectivity index (χ3v) is 5.48. The minimum atomic E-state index is -4.58. The summed E-state index contributed by atoms with van der Waals surface area (Å²) in [5.41, 5.74) is 2.43. The Kier molecular flexibility index (Phi) is 8.88. The normalized spacial score (nSPS) is 11.5. The van der Waals surface area contributed by atoms with Gasteiger partial charge in [0.05, 0.1) is 24.9 Å². The zero-order chi connectivity index (χ0) is 28.7. The molecule has 0 bridgehead atoms. The molecule has 0 aliphatic rings. The number of aryl methyl sites for hydroxylation is 1. The van der Waals surface area contributed by atoms with Crippen LogP contribution in [0.25, 0.3) is 16.7 Å². The van der Waals surface area contributed by atoms with Crippen LogP contribution in [0.15, 0.2) is 42.6 Å². The van der Waals surface area contributed by atoms with E-state index in [1.165, 1.54) is 29.1 Å². The number of nitrogens with one attached hydrogen (secondary N) is 2. The summed E-state index contributed by atoms with van der Waals surface area (Å²) in [6, 6.07) is 9.35. The van der Waals surface area contributed by atoms with Gasteiger partial charge in [-0.1, -0.05) is 16.5 Å². The van der Waals surface area contributed by atoms with Crippen molar-refractivity contribution >= 4 is 22.8 Å². The summed E-state index contributed by atoms with van der Waals surface area (Å²) in [6.45, 7) is -2.18. The summed E-state index contributed by atoms with van der Waals surface area (Å²) in [7, 11) is 1.77. The second-order valence-corrected chi connectivity index (χ2v) is 8.40. The summed E-state index contributed by atoms with van der Waals surface area (Å²) in [5.74, 6) is -1.44. The molecule has 2 amide bonds. The number of ether oxygens (including phenoxy) is 2. The highest BCUT2D eigenvalue weighted by Gasteiger charge is 2.28. The summed E-state index contributed by atoms with van der Waals surface area (Å²) < 4.78 is 63.3. The van der Waals surface area contributed by atoms with Gasteiger partial charge in [0.2, 0.25) is 0 Å². The Morgan fingerprint density at radius 3 is 2.58 bits per heavy atom. The Labute approximate surface area is 224 Å². The lowest BCUT2D eigenvalue weighted by molar-refractivity contribution is -0.123. The molecule has 0 saturated carbocycles. The fourth-order valence-corrected chi connectivity index (χ4v) is 3.56. The van der Waals surface area contributed by atoms with Gasteiger partial charge in [-0.05, 0) is 35.9 Å². The van der Waals surface area contributed by atoms with Gasteiger partial charge in [-0.3, -0.25) is 9.59 Å². The van der Waals surface area contributed by atoms with Crippen LogP contribution in [-0.2, 0) is 18.3 Å². The number of carbonyl (C=O) groups excluding carboxylic acids is 2. The number of hydrogen-bond donors (Lipinski definition) is 2. The van der Waals surface area contributed by atoms with Crippen molar-refractivity contribution in [2.45, 2.75) is 12.7 Å². The van der Waals surface area contributed by atoms with Crippen molar-refractivity contribution in [1.82, 2.24) is 40.6 Å². The monoisotopic (exact) mass is 564 g/mol. The van der Waals surface area contributed by atoms with Crippen LogP contribution >= 0.6 is 0 Å². The van der Waals surface area contributed by atoms with Crippen molar-refractivity contribution in [2.24, 2.45) is 7.05 Å². The van der Waals surface area contributed by atoms with Gasteiger partial charge in [-0.15, -0.1) is 10.2 Å². The van der Waals surface area contributed by atoms with Crippen LogP contribution in [0, 0.1) is 0 Å². The summed E-state index contributed by atoms with van der Waals surface area (Å²) in [5, 5.41) is 20.3. The third-order valence-electron chi connectivity index (χ3n) is 5.48. The van der Waals surface area contributed by atoms with Crippen molar-refractivity contribution in [1.29, 1.82) is 0 Å². The molecule has 2 aromatic heterocycles. The van der Waals surface area contributed by atoms with Gasteiger partial charge in [-0.25, -0.2) is 13.8 Å². The standard InChI is InChI=1S/C24H24F4N8O4/c1-35-19-4-2-15(10-17(19)31-33-35)12-29-23(38)18-13-36(34-32-18)20-5-3-16(22(37)30-14-24(26,27)28)11-21(20)40-9-8-39-7-6-25/h2-5,10-11,13H,6-9,12,14H2,1H3,(H,29,38)(H,30,37). The highest BCUT2D eigenvalue weighted by molar-refractivity contribution is 5.95. The van der Waals surface area contributed by atoms with E-state index in [1.807, 2.05) is 12.1 Å². The van der Waals surface area contributed by atoms with Gasteiger partial charge in [0, 0.05) is 19.2 Å². The van der Waals surface area contributed by atoms with E-state index in [-0.39, 0.29) is 49.1 Å². The van der Waals surface area contributed by atoms with Gasteiger partial charge in [0.1, 0.15) is 36.8 Å². The predicted molar refractivity (Wildman–Crippen MR) is 132 cm³/mol. The second-order valence-electron chi connectivity index (χ2n) is 8.40. The van der Waals surface area contributed by atoms with Crippen LogP contribution in [0.5, 0.6) is 5.75 Å². The molecule has 40 heavy (non-hydrogen) atoms. The van der Waals surface area contributed by atoms with Crippen LogP contribution in [0.2, 0.25) is 0 Å². The van der Waals surface area contributed by atoms with E-state index in [0.717, 1.165) is 11.1 Å². The molecule has 12 nitrogen and oxygen atoms in total. The first-order valence-electron chi connectivity index (χ1n) is 11.9. The molecule has 4 aromatic rings. The lowest BCUT2D eigenvalue weighted by Gasteiger charge is -2.14. The molecule has 0 saturated heterocycles. The Hall–Kier alpha value is -4.60. The number of amides is 2. The van der Waals surface area contributed by atoms with Crippen LogP contribution in [0.4, 0.5) is 17.6 Å². The fourth-order valence-electron chi connectivity index (χ4n) is 3.56. The zero-order valence-corrected chi connectivity index (χ0v) is 21.1. The number of fused-ring (bicyclic) bond motifs is 1. The topological polar surface area (TPSA) is 138 Å². The third kappa shape index (κ3) is 7.28. The molecule has 2 heterocycles. The van der Waals surface area contributed by atoms with E-state index < -0.39 is 31.2 Å². The first-order valence-corrected chi connectivity index (χ1v) is 11.9. The summed E-state index contributed by atoms with van der Waals surface area (Å²) in [4.78, 5) is 24.9. The lowest BCUT2D eigenvalue weighted by atomic mass is 10.1. The van der Waals surface area contributed by atoms with E-state index in [2.05, 4.69) is 25.9 Å². The first kappa shape index (κ1) is 28.4. The highest BCUT2D eigenvalue weighted by atomic mass is 19.4. The minimum absolute atomic E-state index is 0.0131. The molecule has 212 valence electrons. The van der Waals surface area contributed by atoms with Crippen molar-refractivity contribution < 1.29 is 36.6 Å². The maximum Gasteiger partial charge on any atom is 0.405 e. The highest BCUT2D eigenvalue weighted by Crippen LogP contribution is 2.25. The average molecular weight is 565 g/mol. The minimum Gasteiger partial charge on any atom is -0.489 e. The largest absolute Gasteiger partial charge is 0.489 e. The number of rotatable bonds is 12. The van der Waals surface area contributed by atoms with E-state index in [4.69, 9.17) is 9.47 Å². The predicted octanol–water partition coefficient (Wildman–Crippen LogP) is 2.14. The van der Waals surface area contributed by atoms with E-state index >= 15 is 0 Å². The number of benzene rings is 2. The number of carbonyl (C=O) groups is 2. The smallest absolute Gasteiger partial charge is 0.405 e. The number of nitrogens with zero attached hydrogens (tertiary/aromatic N) is 6. The van der Waals surface area contributed by atoms with Gasteiger partial charge < -0.3 is 20.1 Å². The van der Waals surface area contributed by atoms with E-state index in [9.17, 15) is 27.2 Å². The first-order chi connectivity index (χ1) is 19.1. The summed E-state index contributed by atoms with van der Waals surface area (Å²) in [6.07, 6.45) is -3.25. The van der Waals surface area contributed by atoms with Crippen molar-refractivity contribution in [3.05, 3.63) is 59.4 Å². The molecule has 16 heteroatoms. The quantitative estimate of drug-likeness (QED) is 0.197. The van der Waals surface area contributed by atoms with Gasteiger partial charge in [0.15, 0.2) is 5.69 Å². The van der Waals surface area contributed by atoms with Crippen LogP contribution in [-0.4, -0.2) is 81.0 Å². The van der Waals surface area contributed by atoms with Crippen molar-refractivity contribution in [3.8, 4) is 11.4 Å². The number of aromatic nitrogens is 6. The molecular formula is C24H24F4N8O4. The SMILES string of the molecule is Cn1nnc2cc(CNC(=O)c3cn(-c4ccc(C(=O)NCC(F)(F)F)cc4OCCOCCF)nn3)ccc21. The fraction of sp³-hybridized carbons (Fsp3) is 0.333. The molecule has 0 aliphatic heterocycles. The molecule has 0 fully saturated rings. The Morgan fingerprint density at radius 1 is 0.975 bits per heavy atom. The maximum atomic E-state index is 12.7. The van der Waals surface area contributed by atoms with Crippen LogP contribution in [0.1, 0.15) is 26.4 Å². The molecule has 4 rings (SSSR count). The van der Waals surface area contributed by atoms with Crippen molar-refractivity contribution in [2.75, 3.05) is 33.0 Å². The molecule has 2 N–H and O–H groups in total. The van der Waals surface area contributed by atoms with E-state index in [0.29, 0.717) is 5.52 Å². The molecule has 0 atom stereocenters. The van der Waals surface area contributed by atoms with E-state index in [1.54, 1.807) is 23.1 Å². The Balaban J connectivity index is 1.47. The Morgan fingerprint density at radius 2 is 1.80 bits per heavy atom. The second kappa shape index (κ2) is 12.5. The molecule has 0 spiro atoms. The van der Waals surface area contributed by atoms with Gasteiger partial charge >= 0.3 is 6.18 Å². The number of hydrogen-bond acceptors (Lipinski definition) is 8. The molecular weight excluding hydrogens is 540 g/mol. The number of alkyl halides is 4. The Bertz CT molecular complexity index is 1490. The molecule has 2 aromatic carbocycles. The molecule has 0 aliphatic carbocycles. The number of halogens is 4. The molecule has 0 radical (unpaired) electrons. The van der Waals surface area contributed by atoms with Gasteiger partial charge in [-0.2, -0.15) is 13.2 Å². The molecule has 0 unspecified atom stereocenters. The summed E-state index contributed by atoms with van der Waals surface area (Å²) >= 11 is 0. The lowest BCUT2D eigenvalue weighted by Crippen LogP contribution is -2.33.